The number of hydrogen-bond acceptors (Lipinski definition) is 6. The molecule has 9 nitrogen and oxygen atoms in total. The predicted octanol–water partition coefficient (Wildman–Crippen LogP) is 2.43. The molecule has 0 unspecified atom stereocenters. The zero-order chi connectivity index (χ0) is 23.6. The monoisotopic (exact) mass is 442 g/mol. The third-order valence-corrected chi connectivity index (χ3v) is 5.75. The first-order valence-electron chi connectivity index (χ1n) is 10.3. The van der Waals surface area contributed by atoms with Gasteiger partial charge in [-0.15, -0.1) is 0 Å². The Kier molecular flexibility index (Phi) is 6.67. The number of carboxylic acid groups (broad SMARTS) is 1. The van der Waals surface area contributed by atoms with E-state index in [4.69, 9.17) is 8.83 Å². The van der Waals surface area contributed by atoms with E-state index in [-0.39, 0.29) is 17.9 Å². The van der Waals surface area contributed by atoms with E-state index in [0.717, 1.165) is 10.9 Å². The molecule has 170 valence electrons. The van der Waals surface area contributed by atoms with E-state index in [1.54, 1.807) is 26.2 Å². The van der Waals surface area contributed by atoms with Gasteiger partial charge in [0, 0.05) is 16.8 Å². The molecule has 2 aromatic heterocycles. The summed E-state index contributed by atoms with van der Waals surface area (Å²) in [6.45, 7) is 6.79. The molecule has 0 aliphatic rings. The minimum atomic E-state index is -1.13. The van der Waals surface area contributed by atoms with Crippen LogP contribution in [-0.2, 0) is 20.8 Å². The topological polar surface area (TPSA) is 139 Å². The first kappa shape index (κ1) is 23.1. The van der Waals surface area contributed by atoms with Crippen molar-refractivity contribution in [1.82, 2.24) is 10.6 Å². The zero-order valence-electron chi connectivity index (χ0n) is 18.4. The van der Waals surface area contributed by atoms with E-state index in [1.165, 1.54) is 0 Å². The van der Waals surface area contributed by atoms with Crippen molar-refractivity contribution in [3.63, 3.8) is 0 Å². The van der Waals surface area contributed by atoms with Gasteiger partial charge < -0.3 is 24.6 Å². The van der Waals surface area contributed by atoms with E-state index < -0.39 is 36.0 Å². The first-order chi connectivity index (χ1) is 15.1. The average molecular weight is 442 g/mol. The van der Waals surface area contributed by atoms with Gasteiger partial charge >= 0.3 is 11.6 Å². The quantitative estimate of drug-likeness (QED) is 0.455. The number of amides is 2. The molecule has 0 radical (unpaired) electrons. The fourth-order valence-corrected chi connectivity index (χ4v) is 3.55. The number of carboxylic acids is 1. The van der Waals surface area contributed by atoms with Gasteiger partial charge in [0.15, 0.2) is 0 Å². The lowest BCUT2D eigenvalue weighted by Gasteiger charge is -2.20. The smallest absolute Gasteiger partial charge is 0.340 e. The third kappa shape index (κ3) is 4.66. The number of furan rings is 1. The normalized spacial score (nSPS) is 13.1. The Morgan fingerprint density at radius 2 is 1.81 bits per heavy atom. The Bertz CT molecular complexity index is 1250. The molecule has 0 saturated heterocycles. The fourth-order valence-electron chi connectivity index (χ4n) is 3.55. The van der Waals surface area contributed by atoms with Crippen LogP contribution in [-0.4, -0.2) is 35.5 Å². The van der Waals surface area contributed by atoms with Crippen LogP contribution in [0.3, 0.4) is 0 Å². The molecule has 3 aromatic rings. The maximum atomic E-state index is 12.5. The van der Waals surface area contributed by atoms with Crippen LogP contribution in [0.4, 0.5) is 0 Å². The molecule has 2 amide bonds. The summed E-state index contributed by atoms with van der Waals surface area (Å²) in [6, 6.07) is 2.47. The number of rotatable bonds is 8. The van der Waals surface area contributed by atoms with Gasteiger partial charge in [-0.2, -0.15) is 0 Å². The number of aliphatic carboxylic acids is 1. The van der Waals surface area contributed by atoms with Crippen molar-refractivity contribution >= 4 is 39.7 Å². The molecule has 2 heterocycles. The van der Waals surface area contributed by atoms with Gasteiger partial charge in [-0.25, -0.2) is 9.59 Å². The lowest BCUT2D eigenvalue weighted by atomic mass is 9.99. The largest absolute Gasteiger partial charge is 0.480 e. The number of fused-ring (bicyclic) bond motifs is 2. The maximum absolute atomic E-state index is 12.5. The number of aryl methyl sites for hydroxylation is 2. The summed E-state index contributed by atoms with van der Waals surface area (Å²) in [5.41, 5.74) is 2.07. The summed E-state index contributed by atoms with van der Waals surface area (Å²) in [5.74, 6) is -2.57. The number of nitrogens with one attached hydrogen (secondary N) is 2. The van der Waals surface area contributed by atoms with Gasteiger partial charge in [0.1, 0.15) is 17.2 Å². The van der Waals surface area contributed by atoms with E-state index in [2.05, 4.69) is 10.6 Å². The predicted molar refractivity (Wildman–Crippen MR) is 117 cm³/mol. The summed E-state index contributed by atoms with van der Waals surface area (Å²) in [7, 11) is 0. The SMILES string of the molecule is CC[C@@H](C)[C@H](NC(=O)CNC(=O)Cc1c(C)c2cc3c(C)coc3cc2oc1=O)C(=O)O. The van der Waals surface area contributed by atoms with Crippen LogP contribution in [0.2, 0.25) is 0 Å². The second-order valence-electron chi connectivity index (χ2n) is 7.98. The highest BCUT2D eigenvalue weighted by molar-refractivity contribution is 5.97. The van der Waals surface area contributed by atoms with Crippen molar-refractivity contribution < 1.29 is 28.3 Å². The average Bonchev–Trinajstić information content (AvgIpc) is 3.11. The fraction of sp³-hybridized carbons (Fsp3) is 0.391. The van der Waals surface area contributed by atoms with Crippen molar-refractivity contribution in [3.8, 4) is 0 Å². The van der Waals surface area contributed by atoms with E-state index in [0.29, 0.717) is 28.5 Å². The molecule has 0 aliphatic heterocycles. The summed E-state index contributed by atoms with van der Waals surface area (Å²) >= 11 is 0. The summed E-state index contributed by atoms with van der Waals surface area (Å²) < 4.78 is 10.8. The van der Waals surface area contributed by atoms with Crippen LogP contribution in [0.1, 0.15) is 37.0 Å². The zero-order valence-corrected chi connectivity index (χ0v) is 18.4. The molecular formula is C23H26N2O7. The van der Waals surface area contributed by atoms with Crippen LogP contribution in [0.25, 0.3) is 21.9 Å². The second-order valence-corrected chi connectivity index (χ2v) is 7.98. The Morgan fingerprint density at radius 3 is 2.47 bits per heavy atom. The van der Waals surface area contributed by atoms with E-state index in [9.17, 15) is 24.3 Å². The van der Waals surface area contributed by atoms with Gasteiger partial charge in [-0.1, -0.05) is 20.3 Å². The summed E-state index contributed by atoms with van der Waals surface area (Å²) in [5, 5.41) is 15.7. The van der Waals surface area contributed by atoms with Crippen LogP contribution in [0, 0.1) is 19.8 Å². The second kappa shape index (κ2) is 9.25. The molecule has 0 fully saturated rings. The standard InChI is InChI=1S/C23H26N2O7/c1-5-11(2)21(22(28)29)25-20(27)9-24-19(26)7-16-13(4)15-6-14-12(3)10-31-17(14)8-18(15)32-23(16)30/h6,8,10-11,21H,5,7,9H2,1-4H3,(H,24,26)(H,25,27)(H,28,29)/t11-,21+/m1/s1. The molecule has 0 aliphatic carbocycles. The summed E-state index contributed by atoms with van der Waals surface area (Å²) in [4.78, 5) is 48.3. The Balaban J connectivity index is 1.73. The lowest BCUT2D eigenvalue weighted by molar-refractivity contribution is -0.143. The van der Waals surface area contributed by atoms with Gasteiger partial charge in [-0.3, -0.25) is 9.59 Å². The van der Waals surface area contributed by atoms with Crippen LogP contribution >= 0.6 is 0 Å². The van der Waals surface area contributed by atoms with Gasteiger partial charge in [-0.05, 0) is 37.0 Å². The molecule has 2 atom stereocenters. The third-order valence-electron chi connectivity index (χ3n) is 5.75. The van der Waals surface area contributed by atoms with Crippen molar-refractivity contribution in [2.45, 2.75) is 46.6 Å². The van der Waals surface area contributed by atoms with Crippen molar-refractivity contribution in [2.24, 2.45) is 5.92 Å². The number of carbonyl (C=O) groups excluding carboxylic acids is 2. The highest BCUT2D eigenvalue weighted by Crippen LogP contribution is 2.28. The highest BCUT2D eigenvalue weighted by atomic mass is 16.4. The Labute approximate surface area is 183 Å². The molecule has 0 bridgehead atoms. The van der Waals surface area contributed by atoms with Crippen LogP contribution < -0.4 is 16.3 Å². The minimum Gasteiger partial charge on any atom is -0.480 e. The Hall–Kier alpha value is -3.62. The maximum Gasteiger partial charge on any atom is 0.340 e. The van der Waals surface area contributed by atoms with Gasteiger partial charge in [0.05, 0.1) is 24.8 Å². The van der Waals surface area contributed by atoms with Crippen LogP contribution in [0.15, 0.2) is 32.0 Å². The number of hydrogen-bond donors (Lipinski definition) is 3. The number of carbonyl (C=O) groups is 3. The molecule has 0 spiro atoms. The van der Waals surface area contributed by atoms with Gasteiger partial charge in [0.25, 0.3) is 0 Å². The molecule has 32 heavy (non-hydrogen) atoms. The first-order valence-corrected chi connectivity index (χ1v) is 10.3. The molecule has 9 heteroatoms. The van der Waals surface area contributed by atoms with Crippen molar-refractivity contribution in [1.29, 1.82) is 0 Å². The molecular weight excluding hydrogens is 416 g/mol. The lowest BCUT2D eigenvalue weighted by Crippen LogP contribution is -2.48. The van der Waals surface area contributed by atoms with E-state index in [1.807, 2.05) is 19.9 Å². The molecule has 1 aromatic carbocycles. The van der Waals surface area contributed by atoms with Gasteiger partial charge in [0.2, 0.25) is 11.8 Å². The van der Waals surface area contributed by atoms with Crippen molar-refractivity contribution in [3.05, 3.63) is 45.5 Å². The molecule has 3 N–H and O–H groups in total. The number of benzene rings is 1. The minimum absolute atomic E-state index is 0.193. The van der Waals surface area contributed by atoms with Crippen LogP contribution in [0.5, 0.6) is 0 Å². The highest BCUT2D eigenvalue weighted by Gasteiger charge is 2.25. The van der Waals surface area contributed by atoms with E-state index >= 15 is 0 Å². The summed E-state index contributed by atoms with van der Waals surface area (Å²) in [6.07, 6.45) is 1.92. The Morgan fingerprint density at radius 1 is 1.09 bits per heavy atom. The van der Waals surface area contributed by atoms with Crippen molar-refractivity contribution in [2.75, 3.05) is 6.54 Å². The molecule has 0 saturated carbocycles. The molecule has 3 rings (SSSR count).